The van der Waals surface area contributed by atoms with Crippen LogP contribution in [0.25, 0.3) is 5.57 Å². The first-order valence-corrected chi connectivity index (χ1v) is 7.22. The van der Waals surface area contributed by atoms with Gasteiger partial charge in [0, 0.05) is 36.0 Å². The average molecular weight is 284 g/mol. The summed E-state index contributed by atoms with van der Waals surface area (Å²) in [6.45, 7) is 4.95. The maximum atomic E-state index is 14.4. The van der Waals surface area contributed by atoms with Gasteiger partial charge in [0.15, 0.2) is 5.69 Å². The Morgan fingerprint density at radius 3 is 2.76 bits per heavy atom. The van der Waals surface area contributed by atoms with Gasteiger partial charge in [-0.15, -0.1) is 0 Å². The van der Waals surface area contributed by atoms with Gasteiger partial charge in [-0.05, 0) is 19.4 Å². The quantitative estimate of drug-likeness (QED) is 0.853. The average Bonchev–Trinajstić information content (AvgIpc) is 2.80. The topological polar surface area (TPSA) is 24.9 Å². The zero-order valence-electron chi connectivity index (χ0n) is 12.3. The fraction of sp³-hybridized carbons (Fsp3) is 0.235. The van der Waals surface area contributed by atoms with Gasteiger partial charge in [0.1, 0.15) is 6.20 Å². The molecule has 0 saturated heterocycles. The molecule has 1 aromatic carbocycles. The van der Waals surface area contributed by atoms with Crippen molar-refractivity contribution in [2.24, 2.45) is 0 Å². The SMILES string of the molecule is CCCN[N+]1(c2ccncc2F)C=C(C)c2ccccc21. The molecule has 4 heteroatoms. The molecule has 0 spiro atoms. The van der Waals surface area contributed by atoms with Crippen molar-refractivity contribution in [3.8, 4) is 0 Å². The molecular weight excluding hydrogens is 265 g/mol. The highest BCUT2D eigenvalue weighted by Crippen LogP contribution is 2.45. The Morgan fingerprint density at radius 1 is 1.19 bits per heavy atom. The number of nitrogens with zero attached hydrogens (tertiary/aromatic N) is 2. The van der Waals surface area contributed by atoms with Crippen molar-refractivity contribution < 1.29 is 4.39 Å². The molecule has 1 atom stereocenters. The number of benzene rings is 1. The van der Waals surface area contributed by atoms with E-state index in [-0.39, 0.29) is 10.4 Å². The molecule has 0 fully saturated rings. The lowest BCUT2D eigenvalue weighted by molar-refractivity contribution is 0.363. The molecule has 3 rings (SSSR count). The van der Waals surface area contributed by atoms with Gasteiger partial charge in [0.25, 0.3) is 0 Å². The van der Waals surface area contributed by atoms with Gasteiger partial charge in [-0.3, -0.25) is 4.98 Å². The molecule has 2 heterocycles. The first-order valence-electron chi connectivity index (χ1n) is 7.22. The fourth-order valence-electron chi connectivity index (χ4n) is 2.90. The van der Waals surface area contributed by atoms with Crippen molar-refractivity contribution in [1.82, 2.24) is 15.0 Å². The van der Waals surface area contributed by atoms with Crippen LogP contribution < -0.4 is 10.0 Å². The maximum Gasteiger partial charge on any atom is 0.204 e. The van der Waals surface area contributed by atoms with Crippen LogP contribution in [0.15, 0.2) is 48.9 Å². The van der Waals surface area contributed by atoms with E-state index in [1.807, 2.05) is 18.2 Å². The number of hydrogen-bond donors (Lipinski definition) is 1. The molecule has 2 aromatic rings. The first kappa shape index (κ1) is 13.9. The highest BCUT2D eigenvalue weighted by Gasteiger charge is 2.41. The molecule has 108 valence electrons. The molecule has 1 aliphatic heterocycles. The number of hydrogen-bond acceptors (Lipinski definition) is 2. The van der Waals surface area contributed by atoms with Crippen molar-refractivity contribution in [3.05, 3.63) is 60.3 Å². The molecular formula is C17H19FN3+. The van der Waals surface area contributed by atoms with E-state index in [0.29, 0.717) is 5.69 Å². The standard InChI is InChI=1S/C17H19FN3/c1-3-9-20-21(17-8-10-19-11-15(17)18)12-13(2)14-6-4-5-7-16(14)21/h4-8,10-12,20H,3,9H2,1-2H3/q+1. The van der Waals surface area contributed by atoms with Crippen LogP contribution in [-0.2, 0) is 0 Å². The molecule has 0 amide bonds. The Kier molecular flexibility index (Phi) is 3.57. The molecule has 0 bridgehead atoms. The summed E-state index contributed by atoms with van der Waals surface area (Å²) in [5.74, 6) is -0.304. The number of quaternary nitrogens is 1. The molecule has 0 saturated carbocycles. The summed E-state index contributed by atoms with van der Waals surface area (Å²) in [5.41, 5.74) is 7.40. The minimum atomic E-state index is -0.304. The van der Waals surface area contributed by atoms with Gasteiger partial charge in [0.05, 0.1) is 6.20 Å². The second-order valence-corrected chi connectivity index (χ2v) is 5.29. The number of allylic oxidation sites excluding steroid dienone is 1. The molecule has 1 unspecified atom stereocenters. The minimum Gasteiger partial charge on any atom is -0.261 e. The lowest BCUT2D eigenvalue weighted by Gasteiger charge is -2.31. The Morgan fingerprint density at radius 2 is 2.00 bits per heavy atom. The maximum absolute atomic E-state index is 14.4. The van der Waals surface area contributed by atoms with Gasteiger partial charge in [-0.1, -0.05) is 19.1 Å². The predicted molar refractivity (Wildman–Crippen MR) is 84.0 cm³/mol. The molecule has 1 N–H and O–H groups in total. The zero-order valence-corrected chi connectivity index (χ0v) is 12.3. The van der Waals surface area contributed by atoms with Crippen LogP contribution >= 0.6 is 0 Å². The lowest BCUT2D eigenvalue weighted by atomic mass is 10.1. The monoisotopic (exact) mass is 284 g/mol. The lowest BCUT2D eigenvalue weighted by Crippen LogP contribution is -2.50. The Balaban J connectivity index is 2.23. The van der Waals surface area contributed by atoms with Crippen molar-refractivity contribution >= 4 is 16.9 Å². The van der Waals surface area contributed by atoms with Gasteiger partial charge in [-0.25, -0.2) is 0 Å². The Labute approximate surface area is 124 Å². The van der Waals surface area contributed by atoms with Crippen LogP contribution in [0.1, 0.15) is 25.8 Å². The number of fused-ring (bicyclic) bond motifs is 1. The fourth-order valence-corrected chi connectivity index (χ4v) is 2.90. The molecule has 3 nitrogen and oxygen atoms in total. The molecule has 1 aromatic heterocycles. The normalized spacial score (nSPS) is 20.2. The minimum absolute atomic E-state index is 0.212. The van der Waals surface area contributed by atoms with E-state index in [1.165, 1.54) is 6.20 Å². The van der Waals surface area contributed by atoms with Crippen LogP contribution in [-0.4, -0.2) is 11.5 Å². The number of pyridine rings is 1. The first-order chi connectivity index (χ1) is 10.2. The summed E-state index contributed by atoms with van der Waals surface area (Å²) < 4.78 is 14.6. The van der Waals surface area contributed by atoms with Crippen LogP contribution in [0.2, 0.25) is 0 Å². The second-order valence-electron chi connectivity index (χ2n) is 5.29. The van der Waals surface area contributed by atoms with Gasteiger partial charge in [-0.2, -0.15) is 14.4 Å². The summed E-state index contributed by atoms with van der Waals surface area (Å²) in [4.78, 5) is 3.87. The molecule has 0 aliphatic carbocycles. The highest BCUT2D eigenvalue weighted by atomic mass is 19.1. The third kappa shape index (κ3) is 2.17. The Hall–Kier alpha value is -2.04. The third-order valence-electron chi connectivity index (χ3n) is 3.84. The number of nitrogens with one attached hydrogen (secondary N) is 1. The van der Waals surface area contributed by atoms with Crippen molar-refractivity contribution in [2.45, 2.75) is 20.3 Å². The van der Waals surface area contributed by atoms with Gasteiger partial charge < -0.3 is 0 Å². The van der Waals surface area contributed by atoms with Crippen molar-refractivity contribution in [3.63, 3.8) is 0 Å². The number of halogens is 1. The van der Waals surface area contributed by atoms with Crippen LogP contribution in [0.4, 0.5) is 15.8 Å². The van der Waals surface area contributed by atoms with Crippen LogP contribution in [0, 0.1) is 5.82 Å². The van der Waals surface area contributed by atoms with Gasteiger partial charge >= 0.3 is 0 Å². The smallest absolute Gasteiger partial charge is 0.204 e. The van der Waals surface area contributed by atoms with E-state index in [0.717, 1.165) is 29.8 Å². The Bertz CT molecular complexity index is 696. The molecule has 0 radical (unpaired) electrons. The number of rotatable bonds is 4. The summed E-state index contributed by atoms with van der Waals surface area (Å²) in [6, 6.07) is 9.87. The number of aromatic nitrogens is 1. The van der Waals surface area contributed by atoms with E-state index in [9.17, 15) is 4.39 Å². The van der Waals surface area contributed by atoms with E-state index < -0.39 is 0 Å². The molecule has 1 aliphatic rings. The largest absolute Gasteiger partial charge is 0.261 e. The van der Waals surface area contributed by atoms with E-state index in [2.05, 4.69) is 36.5 Å². The van der Waals surface area contributed by atoms with E-state index >= 15 is 0 Å². The van der Waals surface area contributed by atoms with Gasteiger partial charge in [0.2, 0.25) is 11.5 Å². The second kappa shape index (κ2) is 5.39. The van der Waals surface area contributed by atoms with E-state index in [4.69, 9.17) is 0 Å². The highest BCUT2D eigenvalue weighted by molar-refractivity contribution is 5.84. The summed E-state index contributed by atoms with van der Waals surface area (Å²) in [7, 11) is 0. The third-order valence-corrected chi connectivity index (χ3v) is 3.84. The van der Waals surface area contributed by atoms with Crippen molar-refractivity contribution in [2.75, 3.05) is 6.54 Å². The molecule has 21 heavy (non-hydrogen) atoms. The van der Waals surface area contributed by atoms with Crippen molar-refractivity contribution in [1.29, 1.82) is 0 Å². The summed E-state index contributed by atoms with van der Waals surface area (Å²) in [5, 5.41) is 0. The predicted octanol–water partition coefficient (Wildman–Crippen LogP) is 4.15. The van der Waals surface area contributed by atoms with Crippen LogP contribution in [0.3, 0.4) is 0 Å². The van der Waals surface area contributed by atoms with Crippen LogP contribution in [0.5, 0.6) is 0 Å². The zero-order chi connectivity index (χ0) is 14.9. The van der Waals surface area contributed by atoms with E-state index in [1.54, 1.807) is 12.3 Å². The summed E-state index contributed by atoms with van der Waals surface area (Å²) >= 11 is 0. The summed E-state index contributed by atoms with van der Waals surface area (Å²) in [6.07, 6.45) is 5.95. The number of para-hydroxylation sites is 1.